The first-order valence-corrected chi connectivity index (χ1v) is 10.2. The third-order valence-corrected chi connectivity index (χ3v) is 4.34. The molecule has 0 aromatic carbocycles. The second-order valence-electron chi connectivity index (χ2n) is 5.09. The molecule has 0 aromatic rings. The average Bonchev–Trinajstić information content (AvgIpc) is 2.70. The Balaban J connectivity index is 2.19. The summed E-state index contributed by atoms with van der Waals surface area (Å²) in [6.45, 7) is -3.23. The van der Waals surface area contributed by atoms with Crippen molar-refractivity contribution in [3.63, 3.8) is 0 Å². The molecule has 24 heavy (non-hydrogen) atoms. The fourth-order valence-corrected chi connectivity index (χ4v) is 3.28. The van der Waals surface area contributed by atoms with Gasteiger partial charge in [-0.25, -0.2) is 0 Å². The third kappa shape index (κ3) is 7.22. The molecule has 1 heterocycles. The Morgan fingerprint density at radius 1 is 1.17 bits per heavy atom. The summed E-state index contributed by atoms with van der Waals surface area (Å²) in [6.07, 6.45) is 3.23. The summed E-state index contributed by atoms with van der Waals surface area (Å²) < 4.78 is 9.08. The maximum absolute atomic E-state index is 11.5. The monoisotopic (exact) mass is 382 g/mol. The fraction of sp³-hybridized carbons (Fsp3) is 0.500. The Morgan fingerprint density at radius 3 is 2.29 bits per heavy atom. The van der Waals surface area contributed by atoms with Crippen LogP contribution in [0.1, 0.15) is 26.2 Å². The normalized spacial score (nSPS) is 15.8. The van der Waals surface area contributed by atoms with Gasteiger partial charge in [0.05, 0.1) is 0 Å². The summed E-state index contributed by atoms with van der Waals surface area (Å²) in [5.41, 5.74) is 10.8. The van der Waals surface area contributed by atoms with Crippen molar-refractivity contribution in [3.05, 3.63) is 12.2 Å². The number of rotatable bonds is 8. The van der Waals surface area contributed by atoms with Crippen molar-refractivity contribution in [2.45, 2.75) is 26.2 Å². The van der Waals surface area contributed by atoms with E-state index in [1.165, 1.54) is 12.2 Å². The number of carbonyl (C=O) groups is 4. The van der Waals surface area contributed by atoms with E-state index in [-0.39, 0.29) is 18.4 Å². The molecule has 5 N–H and O–H groups in total. The molecule has 0 aliphatic carbocycles. The van der Waals surface area contributed by atoms with Crippen molar-refractivity contribution in [1.82, 2.24) is 10.2 Å². The molecule has 0 saturated carbocycles. The molecule has 0 fully saturated rings. The number of nitrogens with two attached hydrogens (primary N) is 2. The van der Waals surface area contributed by atoms with Gasteiger partial charge in [-0.05, 0) is 0 Å². The van der Waals surface area contributed by atoms with Crippen molar-refractivity contribution >= 4 is 41.8 Å². The number of hydrogen-bond acceptors (Lipinski definition) is 8. The van der Waals surface area contributed by atoms with Gasteiger partial charge in [-0.3, -0.25) is 0 Å². The summed E-state index contributed by atoms with van der Waals surface area (Å²) in [5, 5.41) is 2.36. The third-order valence-electron chi connectivity index (χ3n) is 2.79. The zero-order valence-electron chi connectivity index (χ0n) is 13.1. The topological polar surface area (TPSA) is 154 Å². The zero-order chi connectivity index (χ0) is 18.4. The number of unbranched alkanes of at least 4 members (excludes halogenated alkanes) is 2. The van der Waals surface area contributed by atoms with Gasteiger partial charge < -0.3 is 0 Å². The number of carbonyl (C=O) groups excluding carboxylic acids is 4. The van der Waals surface area contributed by atoms with Gasteiger partial charge in [-0.15, -0.1) is 0 Å². The van der Waals surface area contributed by atoms with Crippen LogP contribution in [-0.2, 0) is 23.4 Å². The van der Waals surface area contributed by atoms with Crippen LogP contribution in [0.4, 0.5) is 4.79 Å². The van der Waals surface area contributed by atoms with Crippen LogP contribution in [0.25, 0.3) is 0 Å². The summed E-state index contributed by atoms with van der Waals surface area (Å²) in [6, 6.07) is 0. The van der Waals surface area contributed by atoms with Gasteiger partial charge in [0.2, 0.25) is 0 Å². The van der Waals surface area contributed by atoms with Crippen LogP contribution in [-0.4, -0.2) is 41.9 Å². The second-order valence-corrected chi connectivity index (χ2v) is 9.41. The van der Waals surface area contributed by atoms with Gasteiger partial charge in [0.1, 0.15) is 0 Å². The van der Waals surface area contributed by atoms with E-state index in [0.717, 1.165) is 11.8 Å². The van der Waals surface area contributed by atoms with E-state index >= 15 is 0 Å². The van der Waals surface area contributed by atoms with Gasteiger partial charge in [0.25, 0.3) is 0 Å². The molecule has 0 aromatic heterocycles. The molecule has 0 spiro atoms. The Morgan fingerprint density at radius 2 is 1.75 bits per heavy atom. The van der Waals surface area contributed by atoms with E-state index in [4.69, 9.17) is 22.2 Å². The molecule has 0 atom stereocenters. The van der Waals surface area contributed by atoms with E-state index in [0.29, 0.717) is 25.8 Å². The van der Waals surface area contributed by atoms with Crippen molar-refractivity contribution in [2.24, 2.45) is 11.0 Å². The number of hydrogen-bond donors (Lipinski definition) is 3. The summed E-state index contributed by atoms with van der Waals surface area (Å²) >= 11 is 5.63. The molecule has 136 valence electrons. The maximum atomic E-state index is 11.5. The van der Waals surface area contributed by atoms with Crippen LogP contribution in [0.3, 0.4) is 0 Å². The Kier molecular flexibility index (Phi) is 6.67. The summed E-state index contributed by atoms with van der Waals surface area (Å²) in [5.74, 6) is -1.53. The van der Waals surface area contributed by atoms with Gasteiger partial charge in [0, 0.05) is 0 Å². The summed E-state index contributed by atoms with van der Waals surface area (Å²) in [7, 11) is 0. The molecule has 3 amide bonds. The van der Waals surface area contributed by atoms with E-state index in [9.17, 15) is 19.2 Å². The number of amides is 3. The molecule has 1 aliphatic rings. The number of halogens is 1. The first-order chi connectivity index (χ1) is 11.0. The zero-order valence-corrected chi connectivity index (χ0v) is 14.7. The fourth-order valence-electron chi connectivity index (χ4n) is 1.88. The summed E-state index contributed by atoms with van der Waals surface area (Å²) in [4.78, 5) is 46.1. The first-order valence-electron chi connectivity index (χ1n) is 7.05. The van der Waals surface area contributed by atoms with Gasteiger partial charge in [-0.1, -0.05) is 0 Å². The van der Waals surface area contributed by atoms with Gasteiger partial charge in [-0.2, -0.15) is 0 Å². The molecule has 12 heteroatoms. The first kappa shape index (κ1) is 20.3. The van der Waals surface area contributed by atoms with Crippen LogP contribution in [0.15, 0.2) is 12.2 Å². The van der Waals surface area contributed by atoms with Gasteiger partial charge in [0.15, 0.2) is 0 Å². The number of imide groups is 1. The molecular formula is C12H20ClN4O6P. The van der Waals surface area contributed by atoms with Crippen LogP contribution >= 0.6 is 18.0 Å². The predicted molar refractivity (Wildman–Crippen MR) is 87.1 cm³/mol. The van der Waals surface area contributed by atoms with Crippen molar-refractivity contribution < 1.29 is 28.2 Å². The minimum absolute atomic E-state index is 0.225. The van der Waals surface area contributed by atoms with E-state index in [2.05, 4.69) is 14.4 Å². The quantitative estimate of drug-likeness (QED) is 0.314. The minimum atomic E-state index is -4.79. The number of nitrogens with zero attached hydrogens (tertiary/aromatic N) is 1. The molecule has 10 nitrogen and oxygen atoms in total. The Hall–Kier alpha value is -1.74. The standard InChI is InChI=1S/C12H20ClN4O6P/c1-9(18)22-24(13,14,15)23-12(21)16-7-3-2-4-8-17-10(19)5-6-11(17)20/h5-6H,2-4,7-8,14-15H2,1H3,(H,16,21). The molecule has 0 bridgehead atoms. The Bertz CT molecular complexity index is 556. The van der Waals surface area contributed by atoms with Crippen molar-refractivity contribution in [3.8, 4) is 0 Å². The average molecular weight is 383 g/mol. The van der Waals surface area contributed by atoms with E-state index in [1.54, 1.807) is 0 Å². The molecule has 0 saturated heterocycles. The van der Waals surface area contributed by atoms with Crippen LogP contribution in [0, 0.1) is 0 Å². The van der Waals surface area contributed by atoms with Crippen LogP contribution < -0.4 is 16.3 Å². The SMILES string of the molecule is CC(=O)OP(N)(N)(Cl)OC(=O)NCCCCCN1C(=O)C=CC1=O. The van der Waals surface area contributed by atoms with Crippen LogP contribution in [0.2, 0.25) is 0 Å². The van der Waals surface area contributed by atoms with Crippen molar-refractivity contribution in [2.75, 3.05) is 13.1 Å². The molecular weight excluding hydrogens is 363 g/mol. The van der Waals surface area contributed by atoms with Crippen LogP contribution in [0.5, 0.6) is 0 Å². The van der Waals surface area contributed by atoms with E-state index < -0.39 is 18.8 Å². The molecule has 0 unspecified atom stereocenters. The molecule has 1 rings (SSSR count). The Labute approximate surface area is 143 Å². The van der Waals surface area contributed by atoms with E-state index in [1.807, 2.05) is 0 Å². The molecule has 0 radical (unpaired) electrons. The number of nitrogens with one attached hydrogen (secondary N) is 1. The van der Waals surface area contributed by atoms with Crippen molar-refractivity contribution in [1.29, 1.82) is 0 Å². The van der Waals surface area contributed by atoms with Gasteiger partial charge >= 0.3 is 143 Å². The second kappa shape index (κ2) is 7.89. The predicted octanol–water partition coefficient (Wildman–Crippen LogP) is 0.655. The molecule has 1 aliphatic heterocycles.